The van der Waals surface area contributed by atoms with Gasteiger partial charge in [-0.3, -0.25) is 34.5 Å². The van der Waals surface area contributed by atoms with E-state index in [0.29, 0.717) is 11.4 Å². The van der Waals surface area contributed by atoms with E-state index in [0.717, 1.165) is 43.3 Å². The second-order valence-corrected chi connectivity index (χ2v) is 7.86. The average Bonchev–Trinajstić information content (AvgIpc) is 3.09. The number of hydrogen-bond donors (Lipinski definition) is 2. The third-order valence-electron chi connectivity index (χ3n) is 5.31. The molecule has 0 aliphatic rings. The molecule has 0 saturated heterocycles. The molecule has 1 aromatic heterocycles. The number of rotatable bonds is 9. The number of carbonyl (C=O) groups excluding carboxylic acids is 2. The normalized spacial score (nSPS) is 10.6. The molecule has 0 radical (unpaired) electrons. The van der Waals surface area contributed by atoms with Gasteiger partial charge in [0.2, 0.25) is 0 Å². The average molecular weight is 480 g/mol. The van der Waals surface area contributed by atoms with Crippen LogP contribution in [0.4, 0.5) is 22.7 Å². The number of non-ortho nitro benzene ring substituents is 2. The van der Waals surface area contributed by atoms with Crippen molar-refractivity contribution < 1.29 is 19.4 Å². The van der Waals surface area contributed by atoms with Gasteiger partial charge in [-0.1, -0.05) is 19.4 Å². The highest BCUT2D eigenvalue weighted by Gasteiger charge is 2.20. The molecule has 2 N–H and O–H groups in total. The van der Waals surface area contributed by atoms with E-state index in [1.54, 1.807) is 19.1 Å². The zero-order chi connectivity index (χ0) is 25.7. The second-order valence-electron chi connectivity index (χ2n) is 7.86. The third-order valence-corrected chi connectivity index (χ3v) is 5.31. The van der Waals surface area contributed by atoms with Gasteiger partial charge in [0, 0.05) is 29.9 Å². The smallest absolute Gasteiger partial charge is 0.277 e. The summed E-state index contributed by atoms with van der Waals surface area (Å²) in [5.41, 5.74) is 1.21. The zero-order valence-corrected chi connectivity index (χ0v) is 19.4. The SMILES string of the molecule is CCCCn1nc(C)c(NC(=O)c2cccc(NC(=O)c3cc([N+](=O)[O-])cc([N+](=O)[O-])c3)c2)c1C. The first-order valence-corrected chi connectivity index (χ1v) is 10.8. The number of nitro groups is 2. The first-order chi connectivity index (χ1) is 16.6. The Hall–Kier alpha value is -4.61. The van der Waals surface area contributed by atoms with Crippen molar-refractivity contribution in [1.29, 1.82) is 0 Å². The monoisotopic (exact) mass is 480 g/mol. The molecule has 2 amide bonds. The number of nitro benzene ring substituents is 2. The molecule has 0 fully saturated rings. The van der Waals surface area contributed by atoms with Crippen molar-refractivity contribution in [1.82, 2.24) is 9.78 Å². The minimum absolute atomic E-state index is 0.240. The summed E-state index contributed by atoms with van der Waals surface area (Å²) < 4.78 is 1.85. The second kappa shape index (κ2) is 10.5. The molecular formula is C23H24N6O6. The van der Waals surface area contributed by atoms with Crippen molar-refractivity contribution >= 4 is 34.6 Å². The lowest BCUT2D eigenvalue weighted by atomic mass is 10.1. The molecule has 12 nitrogen and oxygen atoms in total. The molecule has 182 valence electrons. The van der Waals surface area contributed by atoms with Crippen LogP contribution in [0.1, 0.15) is 51.9 Å². The Kier molecular flexibility index (Phi) is 7.54. The van der Waals surface area contributed by atoms with Crippen LogP contribution in [0.2, 0.25) is 0 Å². The van der Waals surface area contributed by atoms with E-state index in [4.69, 9.17) is 0 Å². The fourth-order valence-electron chi connectivity index (χ4n) is 3.47. The molecule has 0 unspecified atom stereocenters. The summed E-state index contributed by atoms with van der Waals surface area (Å²) in [4.78, 5) is 46.1. The maximum Gasteiger partial charge on any atom is 0.277 e. The number of hydrogen-bond acceptors (Lipinski definition) is 7. The molecule has 0 aliphatic heterocycles. The third kappa shape index (κ3) is 5.85. The standard InChI is InChI=1S/C23H24N6O6/c1-4-5-9-27-15(3)21(14(2)26-27)25-22(30)16-7-6-8-18(10-16)24-23(31)17-11-19(28(32)33)13-20(12-17)29(34)35/h6-8,10-13H,4-5,9H2,1-3H3,(H,24,31)(H,25,30). The Morgan fingerprint density at radius 2 is 1.57 bits per heavy atom. The van der Waals surface area contributed by atoms with Crippen LogP contribution in [0.3, 0.4) is 0 Å². The number of anilines is 2. The molecule has 0 atom stereocenters. The minimum Gasteiger partial charge on any atom is -0.322 e. The van der Waals surface area contributed by atoms with Gasteiger partial charge in [0.15, 0.2) is 0 Å². The predicted octanol–water partition coefficient (Wildman–Crippen LogP) is 4.62. The molecule has 1 heterocycles. The molecule has 12 heteroatoms. The van der Waals surface area contributed by atoms with Crippen molar-refractivity contribution in [2.24, 2.45) is 0 Å². The number of unbranched alkanes of at least 4 members (excludes halogenated alkanes) is 1. The zero-order valence-electron chi connectivity index (χ0n) is 19.4. The summed E-state index contributed by atoms with van der Waals surface area (Å²) >= 11 is 0. The summed E-state index contributed by atoms with van der Waals surface area (Å²) in [6.07, 6.45) is 1.98. The van der Waals surface area contributed by atoms with Gasteiger partial charge in [-0.15, -0.1) is 0 Å². The molecule has 3 rings (SSSR count). The van der Waals surface area contributed by atoms with Crippen molar-refractivity contribution in [2.75, 3.05) is 10.6 Å². The van der Waals surface area contributed by atoms with Gasteiger partial charge in [-0.05, 0) is 38.5 Å². The van der Waals surface area contributed by atoms with Gasteiger partial charge in [-0.2, -0.15) is 5.10 Å². The number of aryl methyl sites for hydroxylation is 2. The summed E-state index contributed by atoms with van der Waals surface area (Å²) in [6, 6.07) is 8.75. The fourth-order valence-corrected chi connectivity index (χ4v) is 3.47. The number of benzene rings is 2. The quantitative estimate of drug-likeness (QED) is 0.333. The molecule has 0 spiro atoms. The van der Waals surface area contributed by atoms with E-state index >= 15 is 0 Å². The summed E-state index contributed by atoms with van der Waals surface area (Å²) in [7, 11) is 0. The highest BCUT2D eigenvalue weighted by Crippen LogP contribution is 2.24. The first-order valence-electron chi connectivity index (χ1n) is 10.8. The molecule has 0 aliphatic carbocycles. The Morgan fingerprint density at radius 3 is 2.17 bits per heavy atom. The van der Waals surface area contributed by atoms with Crippen LogP contribution >= 0.6 is 0 Å². The van der Waals surface area contributed by atoms with Crippen LogP contribution in [0.15, 0.2) is 42.5 Å². The van der Waals surface area contributed by atoms with Gasteiger partial charge in [0.25, 0.3) is 23.2 Å². The topological polar surface area (TPSA) is 162 Å². The van der Waals surface area contributed by atoms with E-state index in [1.165, 1.54) is 12.1 Å². The Bertz CT molecular complexity index is 1280. The Morgan fingerprint density at radius 1 is 0.943 bits per heavy atom. The van der Waals surface area contributed by atoms with E-state index in [2.05, 4.69) is 22.7 Å². The van der Waals surface area contributed by atoms with E-state index < -0.39 is 33.0 Å². The van der Waals surface area contributed by atoms with Crippen LogP contribution in [-0.2, 0) is 6.54 Å². The van der Waals surface area contributed by atoms with Crippen LogP contribution in [0.25, 0.3) is 0 Å². The lowest BCUT2D eigenvalue weighted by molar-refractivity contribution is -0.394. The number of aromatic nitrogens is 2. The first kappa shape index (κ1) is 25.0. The minimum atomic E-state index is -0.816. The maximum atomic E-state index is 12.9. The van der Waals surface area contributed by atoms with Crippen molar-refractivity contribution in [3.8, 4) is 0 Å². The van der Waals surface area contributed by atoms with Gasteiger partial charge in [-0.25, -0.2) is 0 Å². The van der Waals surface area contributed by atoms with Crippen LogP contribution < -0.4 is 10.6 Å². The number of nitrogens with zero attached hydrogens (tertiary/aromatic N) is 4. The van der Waals surface area contributed by atoms with Gasteiger partial charge >= 0.3 is 0 Å². The molecule has 35 heavy (non-hydrogen) atoms. The lowest BCUT2D eigenvalue weighted by Gasteiger charge is -2.09. The number of nitrogens with one attached hydrogen (secondary N) is 2. The van der Waals surface area contributed by atoms with E-state index in [-0.39, 0.29) is 16.8 Å². The van der Waals surface area contributed by atoms with Crippen LogP contribution in [-0.4, -0.2) is 31.4 Å². The molecule has 3 aromatic rings. The maximum absolute atomic E-state index is 12.9. The van der Waals surface area contributed by atoms with Gasteiger partial charge in [0.1, 0.15) is 0 Å². The largest absolute Gasteiger partial charge is 0.322 e. The van der Waals surface area contributed by atoms with Crippen molar-refractivity contribution in [3.05, 3.63) is 85.2 Å². The fraction of sp³-hybridized carbons (Fsp3) is 0.261. The number of carbonyl (C=O) groups is 2. The molecule has 0 bridgehead atoms. The van der Waals surface area contributed by atoms with Crippen molar-refractivity contribution in [2.45, 2.75) is 40.2 Å². The molecule has 2 aromatic carbocycles. The Labute approximate surface area is 200 Å². The summed E-state index contributed by atoms with van der Waals surface area (Å²) in [5, 5.41) is 32.0. The molecular weight excluding hydrogens is 456 g/mol. The predicted molar refractivity (Wildman–Crippen MR) is 129 cm³/mol. The number of amides is 2. The Balaban J connectivity index is 1.79. The molecule has 0 saturated carbocycles. The van der Waals surface area contributed by atoms with Gasteiger partial charge < -0.3 is 10.6 Å². The van der Waals surface area contributed by atoms with E-state index in [1.807, 2.05) is 11.6 Å². The van der Waals surface area contributed by atoms with Crippen LogP contribution in [0.5, 0.6) is 0 Å². The van der Waals surface area contributed by atoms with Gasteiger partial charge in [0.05, 0.1) is 38.6 Å². The highest BCUT2D eigenvalue weighted by molar-refractivity contribution is 6.08. The highest BCUT2D eigenvalue weighted by atomic mass is 16.6. The van der Waals surface area contributed by atoms with Crippen molar-refractivity contribution in [3.63, 3.8) is 0 Å². The van der Waals surface area contributed by atoms with E-state index in [9.17, 15) is 29.8 Å². The summed E-state index contributed by atoms with van der Waals surface area (Å²) in [5.74, 6) is -1.20. The van der Waals surface area contributed by atoms with Crippen LogP contribution in [0, 0.1) is 34.1 Å². The summed E-state index contributed by atoms with van der Waals surface area (Å²) in [6.45, 7) is 6.51. The lowest BCUT2D eigenvalue weighted by Crippen LogP contribution is -2.15.